The molecule has 0 aliphatic carbocycles. The predicted molar refractivity (Wildman–Crippen MR) is 60.0 cm³/mol. The first-order valence-corrected chi connectivity index (χ1v) is 5.51. The molecule has 18 heavy (non-hydrogen) atoms. The second kappa shape index (κ2) is 4.61. The lowest BCUT2D eigenvalue weighted by Gasteiger charge is -2.19. The van der Waals surface area contributed by atoms with Gasteiger partial charge in [0.25, 0.3) is 5.91 Å². The lowest BCUT2D eigenvalue weighted by atomic mass is 10.1. The zero-order valence-electron chi connectivity index (χ0n) is 9.84. The highest BCUT2D eigenvalue weighted by molar-refractivity contribution is 5.94. The molecule has 0 saturated heterocycles. The quantitative estimate of drug-likeness (QED) is 0.879. The van der Waals surface area contributed by atoms with Crippen molar-refractivity contribution in [2.75, 3.05) is 13.6 Å². The van der Waals surface area contributed by atoms with Gasteiger partial charge in [0, 0.05) is 25.7 Å². The van der Waals surface area contributed by atoms with Gasteiger partial charge in [-0.25, -0.2) is 0 Å². The van der Waals surface area contributed by atoms with E-state index < -0.39 is 18.6 Å². The molecule has 1 aromatic rings. The largest absolute Gasteiger partial charge is 0.406 e. The Morgan fingerprint density at radius 1 is 1.33 bits per heavy atom. The Hall–Kier alpha value is -1.56. The van der Waals surface area contributed by atoms with Crippen LogP contribution in [-0.4, -0.2) is 30.6 Å². The van der Waals surface area contributed by atoms with Crippen molar-refractivity contribution in [2.45, 2.75) is 19.3 Å². The van der Waals surface area contributed by atoms with Crippen molar-refractivity contribution in [3.8, 4) is 0 Å². The van der Waals surface area contributed by atoms with Gasteiger partial charge in [-0.15, -0.1) is 0 Å². The molecule has 2 rings (SSSR count). The van der Waals surface area contributed by atoms with E-state index in [0.717, 1.165) is 24.7 Å². The van der Waals surface area contributed by atoms with Gasteiger partial charge in [0.1, 0.15) is 6.54 Å². The van der Waals surface area contributed by atoms with E-state index in [1.54, 1.807) is 18.2 Å². The van der Waals surface area contributed by atoms with Gasteiger partial charge in [-0.1, -0.05) is 6.07 Å². The molecule has 3 nitrogen and oxygen atoms in total. The van der Waals surface area contributed by atoms with Gasteiger partial charge in [-0.2, -0.15) is 13.2 Å². The van der Waals surface area contributed by atoms with Crippen molar-refractivity contribution < 1.29 is 18.0 Å². The molecule has 6 heteroatoms. The number of hydrogen-bond donors (Lipinski definition) is 1. The number of benzene rings is 1. The average Bonchev–Trinajstić information content (AvgIpc) is 2.72. The minimum Gasteiger partial charge on any atom is -0.333 e. The van der Waals surface area contributed by atoms with Crippen LogP contribution in [-0.2, 0) is 13.1 Å². The first kappa shape index (κ1) is 12.9. The van der Waals surface area contributed by atoms with E-state index in [1.807, 2.05) is 0 Å². The van der Waals surface area contributed by atoms with Crippen LogP contribution in [0.5, 0.6) is 0 Å². The van der Waals surface area contributed by atoms with E-state index >= 15 is 0 Å². The highest BCUT2D eigenvalue weighted by Crippen LogP contribution is 2.20. The van der Waals surface area contributed by atoms with Crippen molar-refractivity contribution in [1.82, 2.24) is 10.2 Å². The summed E-state index contributed by atoms with van der Waals surface area (Å²) in [4.78, 5) is 12.5. The number of carbonyl (C=O) groups is 1. The summed E-state index contributed by atoms with van der Waals surface area (Å²) in [6, 6.07) is 5.01. The van der Waals surface area contributed by atoms with Crippen molar-refractivity contribution >= 4 is 5.91 Å². The second-order valence-electron chi connectivity index (χ2n) is 4.36. The Kier molecular flexibility index (Phi) is 3.30. The highest BCUT2D eigenvalue weighted by Gasteiger charge is 2.31. The van der Waals surface area contributed by atoms with Crippen LogP contribution >= 0.6 is 0 Å². The zero-order valence-corrected chi connectivity index (χ0v) is 9.84. The summed E-state index contributed by atoms with van der Waals surface area (Å²) in [5, 5.41) is 3.12. The van der Waals surface area contributed by atoms with Gasteiger partial charge in [0.2, 0.25) is 0 Å². The van der Waals surface area contributed by atoms with Crippen molar-refractivity contribution in [3.63, 3.8) is 0 Å². The number of nitrogens with one attached hydrogen (secondary N) is 1. The van der Waals surface area contributed by atoms with Crippen LogP contribution in [0.15, 0.2) is 18.2 Å². The maximum atomic E-state index is 12.2. The van der Waals surface area contributed by atoms with Crippen molar-refractivity contribution in [1.29, 1.82) is 0 Å². The fourth-order valence-electron chi connectivity index (χ4n) is 1.99. The number of fused-ring (bicyclic) bond motifs is 1. The molecule has 1 N–H and O–H groups in total. The van der Waals surface area contributed by atoms with Crippen LogP contribution in [0.2, 0.25) is 0 Å². The minimum absolute atomic E-state index is 0.296. The summed E-state index contributed by atoms with van der Waals surface area (Å²) in [5.41, 5.74) is 2.36. The van der Waals surface area contributed by atoms with E-state index in [1.165, 1.54) is 0 Å². The molecule has 0 radical (unpaired) electrons. The fourth-order valence-corrected chi connectivity index (χ4v) is 1.99. The third kappa shape index (κ3) is 2.81. The number of amides is 1. The summed E-state index contributed by atoms with van der Waals surface area (Å²) < 4.78 is 36.6. The van der Waals surface area contributed by atoms with Crippen molar-refractivity contribution in [3.05, 3.63) is 34.9 Å². The third-order valence-electron chi connectivity index (χ3n) is 2.85. The van der Waals surface area contributed by atoms with Gasteiger partial charge in [0.05, 0.1) is 0 Å². The van der Waals surface area contributed by atoms with E-state index in [2.05, 4.69) is 5.32 Å². The summed E-state index contributed by atoms with van der Waals surface area (Å²) in [5.74, 6) is -0.609. The Bertz CT molecular complexity index is 471. The molecular weight excluding hydrogens is 245 g/mol. The molecular formula is C12H13F3N2O. The van der Waals surface area contributed by atoms with Gasteiger partial charge in [-0.05, 0) is 23.3 Å². The van der Waals surface area contributed by atoms with Crippen LogP contribution in [0, 0.1) is 0 Å². The average molecular weight is 258 g/mol. The monoisotopic (exact) mass is 258 g/mol. The fraction of sp³-hybridized carbons (Fsp3) is 0.417. The Labute approximate surface area is 103 Å². The van der Waals surface area contributed by atoms with E-state index in [-0.39, 0.29) is 0 Å². The number of carbonyl (C=O) groups excluding carboxylic acids is 1. The van der Waals surface area contributed by atoms with Gasteiger partial charge >= 0.3 is 6.18 Å². The van der Waals surface area contributed by atoms with Crippen LogP contribution < -0.4 is 5.32 Å². The molecule has 0 aromatic heterocycles. The lowest BCUT2D eigenvalue weighted by molar-refractivity contribution is -0.138. The smallest absolute Gasteiger partial charge is 0.333 e. The maximum Gasteiger partial charge on any atom is 0.406 e. The highest BCUT2D eigenvalue weighted by atomic mass is 19.4. The van der Waals surface area contributed by atoms with E-state index in [9.17, 15) is 18.0 Å². The molecule has 0 unspecified atom stereocenters. The van der Waals surface area contributed by atoms with Crippen LogP contribution in [0.1, 0.15) is 21.5 Å². The van der Waals surface area contributed by atoms with Crippen LogP contribution in [0.3, 0.4) is 0 Å². The molecule has 0 fully saturated rings. The number of hydrogen-bond acceptors (Lipinski definition) is 2. The topological polar surface area (TPSA) is 32.3 Å². The molecule has 1 aliphatic heterocycles. The standard InChI is InChI=1S/C12H13F3N2O/c1-17(7-12(13,14)15)11(18)8-2-3-9-5-16-6-10(9)4-8/h2-4,16H,5-7H2,1H3. The Morgan fingerprint density at radius 3 is 2.67 bits per heavy atom. The van der Waals surface area contributed by atoms with E-state index in [0.29, 0.717) is 17.0 Å². The SMILES string of the molecule is CN(CC(F)(F)F)C(=O)c1ccc2c(c1)CNC2. The van der Waals surface area contributed by atoms with Gasteiger partial charge < -0.3 is 10.2 Å². The molecule has 98 valence electrons. The van der Waals surface area contributed by atoms with Gasteiger partial charge in [-0.3, -0.25) is 4.79 Å². The lowest BCUT2D eigenvalue weighted by Crippen LogP contribution is -2.35. The Balaban J connectivity index is 2.14. The summed E-state index contributed by atoms with van der Waals surface area (Å²) in [7, 11) is 1.15. The molecule has 1 aliphatic rings. The minimum atomic E-state index is -4.37. The summed E-state index contributed by atoms with van der Waals surface area (Å²) in [6.45, 7) is 0.156. The number of rotatable bonds is 2. The number of nitrogens with zero attached hydrogens (tertiary/aromatic N) is 1. The van der Waals surface area contributed by atoms with E-state index in [4.69, 9.17) is 0 Å². The normalized spacial score (nSPS) is 14.4. The molecule has 0 saturated carbocycles. The molecule has 1 aromatic carbocycles. The first-order valence-electron chi connectivity index (χ1n) is 5.51. The third-order valence-corrected chi connectivity index (χ3v) is 2.85. The molecule has 0 atom stereocenters. The number of halogens is 3. The van der Waals surface area contributed by atoms with Crippen LogP contribution in [0.25, 0.3) is 0 Å². The molecule has 1 heterocycles. The van der Waals surface area contributed by atoms with Crippen LogP contribution in [0.4, 0.5) is 13.2 Å². The molecule has 1 amide bonds. The number of alkyl halides is 3. The summed E-state index contributed by atoms with van der Waals surface area (Å²) in [6.07, 6.45) is -4.37. The van der Waals surface area contributed by atoms with Crippen molar-refractivity contribution in [2.24, 2.45) is 0 Å². The second-order valence-corrected chi connectivity index (χ2v) is 4.36. The maximum absolute atomic E-state index is 12.2. The zero-order chi connectivity index (χ0) is 13.3. The first-order chi connectivity index (χ1) is 8.37. The van der Waals surface area contributed by atoms with Gasteiger partial charge in [0.15, 0.2) is 0 Å². The predicted octanol–water partition coefficient (Wildman–Crippen LogP) is 1.92. The Morgan fingerprint density at radius 2 is 2.00 bits per heavy atom. The molecule has 0 spiro atoms. The molecule has 0 bridgehead atoms. The summed E-state index contributed by atoms with van der Waals surface area (Å²) >= 11 is 0.